The summed E-state index contributed by atoms with van der Waals surface area (Å²) in [6.45, 7) is 4.05. The maximum atomic E-state index is 11.4. The van der Waals surface area contributed by atoms with Crippen molar-refractivity contribution in [3.8, 4) is 0 Å². The molecule has 4 heteroatoms. The highest BCUT2D eigenvalue weighted by Crippen LogP contribution is 2.21. The van der Waals surface area contributed by atoms with E-state index in [1.54, 1.807) is 26.0 Å². The summed E-state index contributed by atoms with van der Waals surface area (Å²) in [6.07, 6.45) is 3.79. The molecule has 1 aliphatic rings. The summed E-state index contributed by atoms with van der Waals surface area (Å²) in [6, 6.07) is 0. The molecule has 0 aromatic carbocycles. The molecule has 0 aliphatic heterocycles. The second-order valence-electron chi connectivity index (χ2n) is 2.94. The third-order valence-corrected chi connectivity index (χ3v) is 1.95. The van der Waals surface area contributed by atoms with Crippen LogP contribution in [0.1, 0.15) is 20.3 Å². The summed E-state index contributed by atoms with van der Waals surface area (Å²) >= 11 is 0. The highest BCUT2D eigenvalue weighted by atomic mass is 16.5. The molecule has 1 rings (SSSR count). The maximum Gasteiger partial charge on any atom is 0.338 e. The lowest BCUT2D eigenvalue weighted by Gasteiger charge is -2.05. The van der Waals surface area contributed by atoms with Crippen molar-refractivity contribution < 1.29 is 19.1 Å². The van der Waals surface area contributed by atoms with Gasteiger partial charge in [-0.25, -0.2) is 9.59 Å². The Morgan fingerprint density at radius 2 is 1.80 bits per heavy atom. The van der Waals surface area contributed by atoms with Crippen LogP contribution in [0.5, 0.6) is 0 Å². The van der Waals surface area contributed by atoms with E-state index in [1.165, 1.54) is 0 Å². The zero-order valence-corrected chi connectivity index (χ0v) is 8.91. The quantitative estimate of drug-likeness (QED) is 0.657. The predicted molar refractivity (Wildman–Crippen MR) is 54.0 cm³/mol. The second-order valence-corrected chi connectivity index (χ2v) is 2.94. The summed E-state index contributed by atoms with van der Waals surface area (Å²) < 4.78 is 9.67. The summed E-state index contributed by atoms with van der Waals surface area (Å²) in [7, 11) is 0. The molecule has 1 aliphatic carbocycles. The van der Waals surface area contributed by atoms with Gasteiger partial charge in [0.1, 0.15) is 0 Å². The van der Waals surface area contributed by atoms with Crippen LogP contribution in [0.4, 0.5) is 0 Å². The molecular weight excluding hydrogens is 196 g/mol. The van der Waals surface area contributed by atoms with E-state index >= 15 is 0 Å². The van der Waals surface area contributed by atoms with Gasteiger partial charge in [0, 0.05) is 0 Å². The lowest BCUT2D eigenvalue weighted by molar-refractivity contribution is -0.141. The van der Waals surface area contributed by atoms with Crippen molar-refractivity contribution in [2.45, 2.75) is 20.3 Å². The number of carbonyl (C=O) groups is 2. The van der Waals surface area contributed by atoms with E-state index in [1.807, 2.05) is 0 Å². The van der Waals surface area contributed by atoms with E-state index in [9.17, 15) is 9.59 Å². The molecule has 0 N–H and O–H groups in total. The molecule has 0 radical (unpaired) electrons. The highest BCUT2D eigenvalue weighted by molar-refractivity contribution is 6.03. The predicted octanol–water partition coefficient (Wildman–Crippen LogP) is 1.37. The molecule has 0 aromatic rings. The number of allylic oxidation sites excluding steroid dienone is 1. The lowest BCUT2D eigenvalue weighted by atomic mass is 10.1. The van der Waals surface area contributed by atoms with Crippen LogP contribution in [0.15, 0.2) is 23.3 Å². The molecule has 0 fully saturated rings. The number of hydrogen-bond acceptors (Lipinski definition) is 4. The van der Waals surface area contributed by atoms with Crippen molar-refractivity contribution in [3.05, 3.63) is 23.3 Å². The van der Waals surface area contributed by atoms with Crippen molar-refractivity contribution in [2.75, 3.05) is 13.2 Å². The van der Waals surface area contributed by atoms with E-state index in [4.69, 9.17) is 9.47 Å². The number of ether oxygens (including phenoxy) is 2. The van der Waals surface area contributed by atoms with Gasteiger partial charge >= 0.3 is 11.9 Å². The van der Waals surface area contributed by atoms with Gasteiger partial charge < -0.3 is 9.47 Å². The molecule has 0 heterocycles. The normalized spacial score (nSPS) is 14.3. The lowest BCUT2D eigenvalue weighted by Crippen LogP contribution is -2.13. The van der Waals surface area contributed by atoms with Gasteiger partial charge in [-0.2, -0.15) is 0 Å². The van der Waals surface area contributed by atoms with Crippen LogP contribution >= 0.6 is 0 Å². The maximum absolute atomic E-state index is 11.4. The van der Waals surface area contributed by atoms with Gasteiger partial charge in [0.15, 0.2) is 0 Å². The van der Waals surface area contributed by atoms with Crippen LogP contribution in [-0.4, -0.2) is 25.2 Å². The largest absolute Gasteiger partial charge is 0.463 e. The van der Waals surface area contributed by atoms with E-state index in [0.717, 1.165) is 0 Å². The van der Waals surface area contributed by atoms with Gasteiger partial charge in [-0.05, 0) is 20.3 Å². The van der Waals surface area contributed by atoms with Gasteiger partial charge in [-0.15, -0.1) is 0 Å². The molecule has 15 heavy (non-hydrogen) atoms. The Hall–Kier alpha value is -1.58. The summed E-state index contributed by atoms with van der Waals surface area (Å²) in [4.78, 5) is 22.9. The summed E-state index contributed by atoms with van der Waals surface area (Å²) in [5, 5.41) is 0. The Morgan fingerprint density at radius 1 is 1.20 bits per heavy atom. The van der Waals surface area contributed by atoms with Crippen LogP contribution < -0.4 is 0 Å². The molecule has 0 aromatic heterocycles. The van der Waals surface area contributed by atoms with Crippen molar-refractivity contribution >= 4 is 11.9 Å². The molecule has 0 atom stereocenters. The average molecular weight is 210 g/mol. The highest BCUT2D eigenvalue weighted by Gasteiger charge is 2.23. The number of esters is 2. The van der Waals surface area contributed by atoms with E-state index in [-0.39, 0.29) is 0 Å². The van der Waals surface area contributed by atoms with Gasteiger partial charge in [0.2, 0.25) is 0 Å². The molecule has 82 valence electrons. The van der Waals surface area contributed by atoms with E-state index < -0.39 is 11.9 Å². The molecule has 0 saturated carbocycles. The molecular formula is C11H14O4. The first-order chi connectivity index (χ1) is 7.20. The smallest absolute Gasteiger partial charge is 0.338 e. The molecule has 0 amide bonds. The van der Waals surface area contributed by atoms with E-state index in [2.05, 4.69) is 0 Å². The van der Waals surface area contributed by atoms with Crippen LogP contribution in [-0.2, 0) is 19.1 Å². The minimum atomic E-state index is -0.464. The van der Waals surface area contributed by atoms with Gasteiger partial charge in [0.05, 0.1) is 24.4 Å². The van der Waals surface area contributed by atoms with Crippen LogP contribution in [0.2, 0.25) is 0 Å². The van der Waals surface area contributed by atoms with E-state index in [0.29, 0.717) is 30.8 Å². The monoisotopic (exact) mass is 210 g/mol. The molecule has 0 saturated heterocycles. The zero-order valence-electron chi connectivity index (χ0n) is 8.91. The summed E-state index contributed by atoms with van der Waals surface area (Å²) in [5.41, 5.74) is 0.700. The Morgan fingerprint density at radius 3 is 2.40 bits per heavy atom. The molecule has 0 unspecified atom stereocenters. The zero-order chi connectivity index (χ0) is 11.3. The number of carbonyl (C=O) groups excluding carboxylic acids is 2. The second kappa shape index (κ2) is 5.34. The fourth-order valence-electron chi connectivity index (χ4n) is 1.32. The Balaban J connectivity index is 2.81. The Labute approximate surface area is 88.6 Å². The number of rotatable bonds is 4. The SMILES string of the molecule is CCOC(=O)C1=C(C(=O)OCC)CC=C1. The van der Waals surface area contributed by atoms with Crippen molar-refractivity contribution in [3.63, 3.8) is 0 Å². The van der Waals surface area contributed by atoms with Crippen LogP contribution in [0.3, 0.4) is 0 Å². The van der Waals surface area contributed by atoms with Crippen LogP contribution in [0.25, 0.3) is 0 Å². The van der Waals surface area contributed by atoms with Crippen molar-refractivity contribution in [1.29, 1.82) is 0 Å². The molecule has 0 spiro atoms. The third kappa shape index (κ3) is 2.68. The molecule has 0 bridgehead atoms. The first-order valence-corrected chi connectivity index (χ1v) is 4.94. The average Bonchev–Trinajstić information content (AvgIpc) is 2.66. The van der Waals surface area contributed by atoms with Crippen LogP contribution in [0, 0.1) is 0 Å². The molecule has 4 nitrogen and oxygen atoms in total. The van der Waals surface area contributed by atoms with Gasteiger partial charge in [0.25, 0.3) is 0 Å². The van der Waals surface area contributed by atoms with Gasteiger partial charge in [-0.3, -0.25) is 0 Å². The summed E-state index contributed by atoms with van der Waals surface area (Å²) in [5.74, 6) is -0.903. The topological polar surface area (TPSA) is 52.6 Å². The first kappa shape index (κ1) is 11.5. The Bertz CT molecular complexity index is 325. The van der Waals surface area contributed by atoms with Crippen molar-refractivity contribution in [1.82, 2.24) is 0 Å². The Kier molecular flexibility index (Phi) is 4.09. The standard InChI is InChI=1S/C11H14O4/c1-3-14-10(12)8-6-5-7-9(8)11(13)15-4-2/h5-6H,3-4,7H2,1-2H3. The first-order valence-electron chi connectivity index (χ1n) is 4.94. The number of hydrogen-bond donors (Lipinski definition) is 0. The fourth-order valence-corrected chi connectivity index (χ4v) is 1.32. The fraction of sp³-hybridized carbons (Fsp3) is 0.455. The third-order valence-electron chi connectivity index (χ3n) is 1.95. The van der Waals surface area contributed by atoms with Gasteiger partial charge in [-0.1, -0.05) is 12.2 Å². The minimum Gasteiger partial charge on any atom is -0.463 e. The van der Waals surface area contributed by atoms with Crippen molar-refractivity contribution in [2.24, 2.45) is 0 Å². The minimum absolute atomic E-state index is 0.298.